The molecule has 0 aliphatic carbocycles. The van der Waals surface area contributed by atoms with E-state index in [0.717, 1.165) is 0 Å². The molecule has 0 N–H and O–H groups in total. The third-order valence-electron chi connectivity index (χ3n) is 1.21. The lowest BCUT2D eigenvalue weighted by Gasteiger charge is -1.65. The first-order chi connectivity index (χ1) is 3.89. The molecule has 1 unspecified atom stereocenters. The van der Waals surface area contributed by atoms with Gasteiger partial charge < -0.3 is 0 Å². The van der Waals surface area contributed by atoms with Crippen LogP contribution in [0.25, 0.3) is 0 Å². The third-order valence-corrected chi connectivity index (χ3v) is 6.43. The average molecular weight is 140 g/mol. The van der Waals surface area contributed by atoms with E-state index in [1.54, 1.807) is 0 Å². The van der Waals surface area contributed by atoms with Crippen molar-refractivity contribution in [2.24, 2.45) is 0 Å². The van der Waals surface area contributed by atoms with Gasteiger partial charge >= 0.3 is 0 Å². The molecule has 1 atom stereocenters. The van der Waals surface area contributed by atoms with E-state index >= 15 is 0 Å². The first-order valence-electron chi connectivity index (χ1n) is 2.40. The van der Waals surface area contributed by atoms with Crippen LogP contribution in [0.2, 0.25) is 0 Å². The van der Waals surface area contributed by atoms with Gasteiger partial charge in [0.2, 0.25) is 0 Å². The normalized spacial score (nSPS) is 22.2. The first-order valence-corrected chi connectivity index (χ1v) is 5.85. The van der Waals surface area contributed by atoms with Crippen LogP contribution < -0.4 is 0 Å². The Morgan fingerprint density at radius 3 is 2.88 bits per heavy atom. The lowest BCUT2D eigenvalue weighted by molar-refractivity contribution is 0.694. The van der Waals surface area contributed by atoms with E-state index < -0.39 is 17.8 Å². The molecule has 1 aromatic rings. The number of hydrogen-bond acceptors (Lipinski definition) is 1. The molecular formula is C5H4OSSi. The van der Waals surface area contributed by atoms with Crippen molar-refractivity contribution >= 4 is 17.8 Å². The van der Waals surface area contributed by atoms with Crippen molar-refractivity contribution in [3.8, 4) is 0 Å². The molecule has 8 heavy (non-hydrogen) atoms. The van der Waals surface area contributed by atoms with Crippen molar-refractivity contribution in [2.75, 3.05) is 0 Å². The number of fused-ring (bicyclic) bond motifs is 1. The molecule has 0 amide bonds. The predicted molar refractivity (Wildman–Crippen MR) is 34.2 cm³/mol. The fourth-order valence-corrected chi connectivity index (χ4v) is 5.09. The quantitative estimate of drug-likeness (QED) is 0.387. The van der Waals surface area contributed by atoms with E-state index in [2.05, 4.69) is 5.68 Å². The van der Waals surface area contributed by atoms with E-state index in [1.165, 1.54) is 4.51 Å². The van der Waals surface area contributed by atoms with Crippen LogP contribution in [-0.2, 0) is 10.2 Å². The van der Waals surface area contributed by atoms with E-state index in [0.29, 0.717) is 0 Å². The van der Waals surface area contributed by atoms with Crippen molar-refractivity contribution in [3.63, 3.8) is 0 Å². The Hall–Kier alpha value is -0.283. The van der Waals surface area contributed by atoms with E-state index in [9.17, 15) is 4.21 Å². The van der Waals surface area contributed by atoms with Gasteiger partial charge in [-0.1, -0.05) is 17.8 Å². The van der Waals surface area contributed by atoms with Crippen molar-refractivity contribution in [1.82, 2.24) is 0 Å². The Morgan fingerprint density at radius 1 is 1.50 bits per heavy atom. The summed E-state index contributed by atoms with van der Waals surface area (Å²) in [7, 11) is -1.11. The Labute approximate surface area is 51.0 Å². The number of rotatable bonds is 0. The van der Waals surface area contributed by atoms with Crippen LogP contribution in [0.4, 0.5) is 0 Å². The second kappa shape index (κ2) is 1.36. The Bertz CT molecular complexity index is 233. The third kappa shape index (κ3) is 0.455. The summed E-state index contributed by atoms with van der Waals surface area (Å²) in [6, 6.07) is 5.92. The molecule has 3 heteroatoms. The maximum atomic E-state index is 10.7. The smallest absolute Gasteiger partial charge is 0.172 e. The number of hydrogen-bond donors (Lipinski definition) is 0. The van der Waals surface area contributed by atoms with Crippen LogP contribution in [0.15, 0.2) is 28.4 Å². The summed E-state index contributed by atoms with van der Waals surface area (Å²) in [5.41, 5.74) is 2.08. The highest BCUT2D eigenvalue weighted by molar-refractivity contribution is 8.22. The van der Waals surface area contributed by atoms with Crippen LogP contribution >= 0.6 is 0 Å². The zero-order valence-corrected chi connectivity index (χ0v) is 5.94. The highest BCUT2D eigenvalue weighted by Crippen LogP contribution is 2.20. The maximum Gasteiger partial charge on any atom is 0.172 e. The molecule has 0 aromatic carbocycles. The van der Waals surface area contributed by atoms with Gasteiger partial charge in [-0.15, -0.1) is 0 Å². The highest BCUT2D eigenvalue weighted by atomic mass is 32.4. The maximum absolute atomic E-state index is 10.7. The second-order valence-electron chi connectivity index (χ2n) is 1.72. The average Bonchev–Trinajstić information content (AvgIpc) is 2.46. The minimum atomic E-state index is -0.583. The second-order valence-corrected chi connectivity index (χ2v) is 7.09. The van der Waals surface area contributed by atoms with E-state index in [-0.39, 0.29) is 0 Å². The summed E-state index contributed by atoms with van der Waals surface area (Å²) in [6.45, 7) is 0. The van der Waals surface area contributed by atoms with Gasteiger partial charge in [0.25, 0.3) is 0 Å². The minimum absolute atomic E-state index is 0.529. The van der Waals surface area contributed by atoms with Crippen molar-refractivity contribution < 1.29 is 4.21 Å². The summed E-state index contributed by atoms with van der Waals surface area (Å²) in [6.07, 6.45) is 0. The molecule has 1 aliphatic rings. The largest absolute Gasteiger partial charge is 0.257 e. The molecule has 0 radical (unpaired) electrons. The zero-order valence-electron chi connectivity index (χ0n) is 4.13. The lowest BCUT2D eigenvalue weighted by Crippen LogP contribution is -1.67. The molecule has 0 saturated carbocycles. The highest BCUT2D eigenvalue weighted by Gasteiger charge is 2.27. The van der Waals surface area contributed by atoms with Gasteiger partial charge in [-0.25, -0.2) is 0 Å². The molecule has 0 fully saturated rings. The van der Waals surface area contributed by atoms with Crippen LogP contribution in [0.5, 0.6) is 0 Å². The molecule has 2 heterocycles. The Morgan fingerprint density at radius 2 is 2.38 bits per heavy atom. The van der Waals surface area contributed by atoms with Gasteiger partial charge in [-0.05, 0) is 6.07 Å². The summed E-state index contributed by atoms with van der Waals surface area (Å²) < 4.78 is 11.9. The van der Waals surface area contributed by atoms with Crippen LogP contribution in [0.1, 0.15) is 0 Å². The van der Waals surface area contributed by atoms with Gasteiger partial charge in [0, 0.05) is 14.8 Å². The van der Waals surface area contributed by atoms with Crippen LogP contribution in [0.3, 0.4) is 0 Å². The Kier molecular flexibility index (Phi) is 0.777. The monoisotopic (exact) mass is 140 g/mol. The van der Waals surface area contributed by atoms with E-state index in [4.69, 9.17) is 0 Å². The van der Waals surface area contributed by atoms with Gasteiger partial charge in [0.15, 0.2) is 7.55 Å². The Balaban J connectivity index is 2.74. The van der Waals surface area contributed by atoms with Gasteiger partial charge in [-0.3, -0.25) is 4.21 Å². The first kappa shape index (κ1) is 4.58. The molecule has 40 valence electrons. The SMILES string of the molecule is O=S1c2cccc[si]21. The summed E-state index contributed by atoms with van der Waals surface area (Å²) in [4.78, 5) is 0. The zero-order chi connectivity index (χ0) is 5.56. The van der Waals surface area contributed by atoms with Crippen molar-refractivity contribution in [1.29, 1.82) is 0 Å². The molecule has 0 bridgehead atoms. The molecular weight excluding hydrogens is 136 g/mol. The van der Waals surface area contributed by atoms with E-state index in [1.807, 2.05) is 18.2 Å². The van der Waals surface area contributed by atoms with Crippen LogP contribution in [0, 0.1) is 0 Å². The summed E-state index contributed by atoms with van der Waals surface area (Å²) in [5, 5.41) is 0. The van der Waals surface area contributed by atoms with Crippen molar-refractivity contribution in [3.05, 3.63) is 23.9 Å². The fourth-order valence-electron chi connectivity index (χ4n) is 0.732. The summed E-state index contributed by atoms with van der Waals surface area (Å²) in [5.74, 6) is 0. The standard InChI is InChI=1S/C5H4OSSi/c6-7-5-3-1-2-4-8(5)7/h1-4H. The van der Waals surface area contributed by atoms with Gasteiger partial charge in [0.05, 0.1) is 0 Å². The molecule has 0 spiro atoms. The van der Waals surface area contributed by atoms with Gasteiger partial charge in [-0.2, -0.15) is 0 Å². The molecule has 1 aromatic heterocycles. The van der Waals surface area contributed by atoms with Crippen molar-refractivity contribution in [2.45, 2.75) is 4.51 Å². The van der Waals surface area contributed by atoms with Crippen LogP contribution in [-0.4, -0.2) is 11.8 Å². The predicted octanol–water partition coefficient (Wildman–Crippen LogP) is 0.597. The minimum Gasteiger partial charge on any atom is -0.257 e. The fraction of sp³-hybridized carbons (Fsp3) is 0. The molecule has 1 aliphatic heterocycles. The summed E-state index contributed by atoms with van der Waals surface area (Å²) >= 11 is 0. The van der Waals surface area contributed by atoms with Gasteiger partial charge in [0.1, 0.15) is 0 Å². The topological polar surface area (TPSA) is 17.1 Å². The lowest BCUT2D eigenvalue weighted by atomic mass is 10.6. The molecule has 2 rings (SSSR count). The molecule has 0 saturated heterocycles. The molecule has 1 nitrogen and oxygen atoms in total.